The summed E-state index contributed by atoms with van der Waals surface area (Å²) in [5, 5.41) is 3.91. The lowest BCUT2D eigenvalue weighted by Crippen LogP contribution is -2.43. The van der Waals surface area contributed by atoms with Crippen LogP contribution in [0, 0.1) is 0 Å². The lowest BCUT2D eigenvalue weighted by Gasteiger charge is -2.32. The molecule has 156 valence electrons. The van der Waals surface area contributed by atoms with Gasteiger partial charge in [-0.1, -0.05) is 22.0 Å². The second kappa shape index (κ2) is 8.92. The molecule has 1 aliphatic heterocycles. The largest absolute Gasteiger partial charge is 0.497 e. The summed E-state index contributed by atoms with van der Waals surface area (Å²) in [6, 6.07) is 13.2. The van der Waals surface area contributed by atoms with Crippen LogP contribution in [0.15, 0.2) is 53.1 Å². The summed E-state index contributed by atoms with van der Waals surface area (Å²) < 4.78 is 6.20. The minimum Gasteiger partial charge on any atom is -0.497 e. The van der Waals surface area contributed by atoms with Crippen molar-refractivity contribution in [1.29, 1.82) is 0 Å². The van der Waals surface area contributed by atoms with Crippen molar-refractivity contribution in [3.63, 3.8) is 0 Å². The van der Waals surface area contributed by atoms with Gasteiger partial charge in [0.25, 0.3) is 5.91 Å². The first-order valence-corrected chi connectivity index (χ1v) is 10.8. The van der Waals surface area contributed by atoms with E-state index in [0.717, 1.165) is 28.6 Å². The van der Waals surface area contributed by atoms with Crippen molar-refractivity contribution >= 4 is 38.6 Å². The van der Waals surface area contributed by atoms with Gasteiger partial charge >= 0.3 is 0 Å². The van der Waals surface area contributed by atoms with Crippen LogP contribution in [0.2, 0.25) is 0 Å². The molecule has 0 bridgehead atoms. The first-order chi connectivity index (χ1) is 14.5. The van der Waals surface area contributed by atoms with E-state index in [1.165, 1.54) is 10.9 Å². The summed E-state index contributed by atoms with van der Waals surface area (Å²) >= 11 is 3.35. The Balaban J connectivity index is 1.33. The molecule has 4 rings (SSSR count). The molecule has 0 radical (unpaired) electrons. The van der Waals surface area contributed by atoms with Crippen LogP contribution < -0.4 is 10.1 Å². The molecule has 2 heterocycles. The number of halogens is 1. The molecule has 6 nitrogen and oxygen atoms in total. The van der Waals surface area contributed by atoms with E-state index in [-0.39, 0.29) is 18.4 Å². The number of likely N-dealkylation sites (tertiary alicyclic amines) is 1. The Labute approximate surface area is 183 Å². The van der Waals surface area contributed by atoms with Crippen molar-refractivity contribution in [3.05, 3.63) is 64.3 Å². The summed E-state index contributed by atoms with van der Waals surface area (Å²) in [5.41, 5.74) is 2.91. The van der Waals surface area contributed by atoms with Crippen molar-refractivity contribution < 1.29 is 14.3 Å². The van der Waals surface area contributed by atoms with Gasteiger partial charge in [0.15, 0.2) is 0 Å². The van der Waals surface area contributed by atoms with Crippen molar-refractivity contribution in [2.75, 3.05) is 26.7 Å². The number of carbonyl (C=O) groups is 2. The molecule has 1 fully saturated rings. The lowest BCUT2D eigenvalue weighted by atomic mass is 9.89. The molecule has 0 saturated carbocycles. The number of hydrogen-bond donors (Lipinski definition) is 2. The predicted molar refractivity (Wildman–Crippen MR) is 120 cm³/mol. The number of amides is 2. The Bertz CT molecular complexity index is 1070. The lowest BCUT2D eigenvalue weighted by molar-refractivity contribution is -0.131. The smallest absolute Gasteiger partial charge is 0.251 e. The van der Waals surface area contributed by atoms with Crippen LogP contribution in [0.1, 0.15) is 34.7 Å². The molecule has 0 atom stereocenters. The molecule has 1 aliphatic rings. The van der Waals surface area contributed by atoms with Crippen LogP contribution >= 0.6 is 15.9 Å². The molecule has 7 heteroatoms. The van der Waals surface area contributed by atoms with E-state index in [4.69, 9.17) is 4.74 Å². The van der Waals surface area contributed by atoms with Crippen molar-refractivity contribution in [3.8, 4) is 5.75 Å². The van der Waals surface area contributed by atoms with Gasteiger partial charge in [-0.05, 0) is 60.7 Å². The number of H-pyrrole nitrogens is 1. The summed E-state index contributed by atoms with van der Waals surface area (Å²) in [6.45, 7) is 1.39. The van der Waals surface area contributed by atoms with Crippen LogP contribution in [0.5, 0.6) is 5.75 Å². The molecule has 0 aliphatic carbocycles. The highest BCUT2D eigenvalue weighted by Gasteiger charge is 2.25. The number of benzene rings is 2. The van der Waals surface area contributed by atoms with Crippen LogP contribution in [-0.4, -0.2) is 48.4 Å². The van der Waals surface area contributed by atoms with Crippen LogP contribution in [0.4, 0.5) is 0 Å². The molecule has 0 unspecified atom stereocenters. The zero-order chi connectivity index (χ0) is 21.1. The number of hydrogen-bond acceptors (Lipinski definition) is 3. The number of aromatic nitrogens is 1. The molecule has 2 amide bonds. The molecule has 30 heavy (non-hydrogen) atoms. The third kappa shape index (κ3) is 4.36. The van der Waals surface area contributed by atoms with E-state index >= 15 is 0 Å². The topological polar surface area (TPSA) is 74.4 Å². The maximum absolute atomic E-state index is 12.6. The molecule has 3 aromatic rings. The Morgan fingerprint density at radius 1 is 1.20 bits per heavy atom. The third-order valence-corrected chi connectivity index (χ3v) is 6.19. The normalized spacial score (nSPS) is 14.7. The summed E-state index contributed by atoms with van der Waals surface area (Å²) in [6.07, 6.45) is 3.87. The number of fused-ring (bicyclic) bond motifs is 1. The van der Waals surface area contributed by atoms with Gasteiger partial charge in [0, 0.05) is 40.2 Å². The number of piperidine rings is 1. The van der Waals surface area contributed by atoms with E-state index < -0.39 is 0 Å². The Morgan fingerprint density at radius 3 is 2.73 bits per heavy atom. The molecule has 1 aromatic heterocycles. The molecular weight excluding hydrogens is 446 g/mol. The van der Waals surface area contributed by atoms with Gasteiger partial charge in [-0.3, -0.25) is 9.59 Å². The predicted octanol–water partition coefficient (Wildman–Crippen LogP) is 4.08. The Hall–Kier alpha value is -2.80. The van der Waals surface area contributed by atoms with Gasteiger partial charge in [-0.25, -0.2) is 0 Å². The van der Waals surface area contributed by atoms with Crippen molar-refractivity contribution in [2.24, 2.45) is 0 Å². The van der Waals surface area contributed by atoms with Crippen LogP contribution in [-0.2, 0) is 4.79 Å². The van der Waals surface area contributed by atoms with E-state index in [2.05, 4.69) is 38.5 Å². The second-order valence-electron chi connectivity index (χ2n) is 7.50. The third-order valence-electron chi connectivity index (χ3n) is 5.70. The molecule has 2 aromatic carbocycles. The molecule has 1 saturated heterocycles. The fraction of sp³-hybridized carbons (Fsp3) is 0.304. The van der Waals surface area contributed by atoms with E-state index in [9.17, 15) is 9.59 Å². The first-order valence-electron chi connectivity index (χ1n) is 10.0. The first kappa shape index (κ1) is 20.5. The molecular formula is C23H24BrN3O3. The van der Waals surface area contributed by atoms with E-state index in [1.54, 1.807) is 25.3 Å². The number of rotatable bonds is 5. The number of aromatic amines is 1. The van der Waals surface area contributed by atoms with Gasteiger partial charge in [-0.15, -0.1) is 0 Å². The number of carbonyl (C=O) groups excluding carboxylic acids is 2. The van der Waals surface area contributed by atoms with Crippen molar-refractivity contribution in [2.45, 2.75) is 18.8 Å². The SMILES string of the molecule is COc1ccc2[nH]cc(C3CCN(C(=O)CNC(=O)c4cccc(Br)c4)CC3)c2c1. The monoisotopic (exact) mass is 469 g/mol. The maximum Gasteiger partial charge on any atom is 0.251 e. The summed E-state index contributed by atoms with van der Waals surface area (Å²) in [5.74, 6) is 0.952. The minimum absolute atomic E-state index is 0.0142. The Morgan fingerprint density at radius 2 is 2.00 bits per heavy atom. The number of ether oxygens (including phenoxy) is 1. The van der Waals surface area contributed by atoms with Crippen molar-refractivity contribution in [1.82, 2.24) is 15.2 Å². The summed E-state index contributed by atoms with van der Waals surface area (Å²) in [7, 11) is 1.67. The molecule has 0 spiro atoms. The second-order valence-corrected chi connectivity index (χ2v) is 8.42. The van der Waals surface area contributed by atoms with Gasteiger partial charge < -0.3 is 19.9 Å². The fourth-order valence-electron chi connectivity index (χ4n) is 4.03. The van der Waals surface area contributed by atoms with Crippen LogP contribution in [0.25, 0.3) is 10.9 Å². The number of methoxy groups -OCH3 is 1. The highest BCUT2D eigenvalue weighted by molar-refractivity contribution is 9.10. The molecule has 2 N–H and O–H groups in total. The van der Waals surface area contributed by atoms with Gasteiger partial charge in [0.1, 0.15) is 5.75 Å². The average Bonchev–Trinajstić information content (AvgIpc) is 3.20. The fourth-order valence-corrected chi connectivity index (χ4v) is 4.42. The summed E-state index contributed by atoms with van der Waals surface area (Å²) in [4.78, 5) is 30.0. The highest BCUT2D eigenvalue weighted by Crippen LogP contribution is 2.34. The van der Waals surface area contributed by atoms with E-state index in [1.807, 2.05) is 23.1 Å². The van der Waals surface area contributed by atoms with Gasteiger partial charge in [0.05, 0.1) is 13.7 Å². The number of nitrogens with one attached hydrogen (secondary N) is 2. The standard InChI is InChI=1S/C23H24BrN3O3/c1-30-18-5-6-21-19(12-18)20(13-25-21)15-7-9-27(10-8-15)22(28)14-26-23(29)16-3-2-4-17(24)11-16/h2-6,11-13,15,25H,7-10,14H2,1H3,(H,26,29). The van der Waals surface area contributed by atoms with Crippen LogP contribution in [0.3, 0.4) is 0 Å². The zero-order valence-electron chi connectivity index (χ0n) is 16.8. The zero-order valence-corrected chi connectivity index (χ0v) is 18.4. The van der Waals surface area contributed by atoms with Gasteiger partial charge in [-0.2, -0.15) is 0 Å². The quantitative estimate of drug-likeness (QED) is 0.591. The number of nitrogens with zero attached hydrogens (tertiary/aromatic N) is 1. The van der Waals surface area contributed by atoms with E-state index in [0.29, 0.717) is 24.6 Å². The Kier molecular flexibility index (Phi) is 6.08. The maximum atomic E-state index is 12.6. The minimum atomic E-state index is -0.243. The average molecular weight is 470 g/mol. The van der Waals surface area contributed by atoms with Gasteiger partial charge in [0.2, 0.25) is 5.91 Å². The highest BCUT2D eigenvalue weighted by atomic mass is 79.9.